The highest BCUT2D eigenvalue weighted by molar-refractivity contribution is 5.34. The first-order valence-corrected chi connectivity index (χ1v) is 8.47. The highest BCUT2D eigenvalue weighted by atomic mass is 16.5. The highest BCUT2D eigenvalue weighted by Crippen LogP contribution is 2.39. The lowest BCUT2D eigenvalue weighted by atomic mass is 9.77. The molecule has 0 spiro atoms. The molecule has 2 nitrogen and oxygen atoms in total. The van der Waals surface area contributed by atoms with Gasteiger partial charge in [-0.2, -0.15) is 0 Å². The van der Waals surface area contributed by atoms with Crippen LogP contribution in [0.5, 0.6) is 0 Å². The largest absolute Gasteiger partial charge is 0.374 e. The number of nitrogens with one attached hydrogen (secondary N) is 1. The van der Waals surface area contributed by atoms with Gasteiger partial charge in [-0.1, -0.05) is 37.6 Å². The van der Waals surface area contributed by atoms with E-state index in [0.29, 0.717) is 6.04 Å². The Morgan fingerprint density at radius 3 is 2.52 bits per heavy atom. The average molecular weight is 289 g/mol. The molecule has 2 heteroatoms. The minimum atomic E-state index is -0.0858. The van der Waals surface area contributed by atoms with Crippen LogP contribution in [0.4, 0.5) is 0 Å². The number of rotatable bonds is 7. The van der Waals surface area contributed by atoms with Gasteiger partial charge in [0.25, 0.3) is 0 Å². The van der Waals surface area contributed by atoms with Crippen molar-refractivity contribution in [3.8, 4) is 0 Å². The minimum absolute atomic E-state index is 0.0858. The fourth-order valence-electron chi connectivity index (χ4n) is 2.83. The summed E-state index contributed by atoms with van der Waals surface area (Å²) in [6.07, 6.45) is 5.22. The molecule has 1 aromatic rings. The zero-order valence-corrected chi connectivity index (χ0v) is 14.1. The first-order chi connectivity index (χ1) is 10.0. The number of hydrogen-bond acceptors (Lipinski definition) is 2. The number of hydrogen-bond donors (Lipinski definition) is 1. The molecular weight excluding hydrogens is 258 g/mol. The third-order valence-corrected chi connectivity index (χ3v) is 4.24. The van der Waals surface area contributed by atoms with Crippen LogP contribution in [0.3, 0.4) is 0 Å². The van der Waals surface area contributed by atoms with Gasteiger partial charge >= 0.3 is 0 Å². The van der Waals surface area contributed by atoms with Gasteiger partial charge in [0.05, 0.1) is 18.2 Å². The quantitative estimate of drug-likeness (QED) is 0.777. The van der Waals surface area contributed by atoms with Crippen molar-refractivity contribution in [1.82, 2.24) is 5.32 Å². The Labute approximate surface area is 130 Å². The van der Waals surface area contributed by atoms with Crippen LogP contribution < -0.4 is 5.32 Å². The zero-order chi connectivity index (χ0) is 15.3. The third kappa shape index (κ3) is 4.82. The van der Waals surface area contributed by atoms with E-state index in [2.05, 4.69) is 57.3 Å². The van der Waals surface area contributed by atoms with Crippen molar-refractivity contribution in [3.05, 3.63) is 35.4 Å². The maximum Gasteiger partial charge on any atom is 0.0668 e. The van der Waals surface area contributed by atoms with Crippen LogP contribution >= 0.6 is 0 Å². The Hall–Kier alpha value is -0.860. The van der Waals surface area contributed by atoms with Gasteiger partial charge in [-0.25, -0.2) is 0 Å². The van der Waals surface area contributed by atoms with E-state index in [1.807, 2.05) is 0 Å². The standard InChI is InChI=1S/C19H31NO/c1-5-13-20-18(14-21-19(2,3)4)17-12-7-6-11-16(17)15-9-8-10-15/h6-7,11-12,15,18,20H,5,8-10,13-14H2,1-4H3. The molecular formula is C19H31NO. The van der Waals surface area contributed by atoms with Crippen LogP contribution in [0.25, 0.3) is 0 Å². The molecule has 0 bridgehead atoms. The van der Waals surface area contributed by atoms with E-state index in [9.17, 15) is 0 Å². The summed E-state index contributed by atoms with van der Waals surface area (Å²) in [5, 5.41) is 3.68. The summed E-state index contributed by atoms with van der Waals surface area (Å²) < 4.78 is 6.07. The first kappa shape index (κ1) is 16.5. The summed E-state index contributed by atoms with van der Waals surface area (Å²) in [5.41, 5.74) is 2.90. The molecule has 1 N–H and O–H groups in total. The maximum absolute atomic E-state index is 6.07. The zero-order valence-electron chi connectivity index (χ0n) is 14.1. The Balaban J connectivity index is 2.14. The first-order valence-electron chi connectivity index (χ1n) is 8.47. The maximum atomic E-state index is 6.07. The molecule has 0 aliphatic heterocycles. The monoisotopic (exact) mass is 289 g/mol. The number of ether oxygens (including phenoxy) is 1. The predicted molar refractivity (Wildman–Crippen MR) is 89.8 cm³/mol. The average Bonchev–Trinajstić information content (AvgIpc) is 2.37. The van der Waals surface area contributed by atoms with Crippen molar-refractivity contribution in [2.75, 3.05) is 13.2 Å². The molecule has 1 unspecified atom stereocenters. The van der Waals surface area contributed by atoms with Crippen molar-refractivity contribution in [2.24, 2.45) is 0 Å². The summed E-state index contributed by atoms with van der Waals surface area (Å²) in [6.45, 7) is 10.4. The normalized spacial score (nSPS) is 17.5. The predicted octanol–water partition coefficient (Wildman–Crippen LogP) is 4.81. The Morgan fingerprint density at radius 2 is 1.95 bits per heavy atom. The molecule has 0 heterocycles. The molecule has 1 atom stereocenters. The van der Waals surface area contributed by atoms with Gasteiger partial charge in [-0.15, -0.1) is 0 Å². The summed E-state index contributed by atoms with van der Waals surface area (Å²) in [7, 11) is 0. The van der Waals surface area contributed by atoms with E-state index in [4.69, 9.17) is 4.74 Å². The van der Waals surface area contributed by atoms with Gasteiger partial charge in [0.2, 0.25) is 0 Å². The van der Waals surface area contributed by atoms with E-state index in [0.717, 1.165) is 25.5 Å². The molecule has 2 rings (SSSR count). The molecule has 118 valence electrons. The van der Waals surface area contributed by atoms with Crippen molar-refractivity contribution in [1.29, 1.82) is 0 Å². The van der Waals surface area contributed by atoms with Crippen molar-refractivity contribution < 1.29 is 4.74 Å². The van der Waals surface area contributed by atoms with E-state index in [1.165, 1.54) is 30.4 Å². The van der Waals surface area contributed by atoms with Gasteiger partial charge in [0, 0.05) is 0 Å². The van der Waals surface area contributed by atoms with E-state index < -0.39 is 0 Å². The molecule has 1 aliphatic carbocycles. The molecule has 0 amide bonds. The van der Waals surface area contributed by atoms with Crippen LogP contribution in [-0.4, -0.2) is 18.8 Å². The minimum Gasteiger partial charge on any atom is -0.374 e. The third-order valence-electron chi connectivity index (χ3n) is 4.24. The van der Waals surface area contributed by atoms with E-state index in [-0.39, 0.29) is 5.60 Å². The lowest BCUT2D eigenvalue weighted by molar-refractivity contribution is -0.0149. The second-order valence-electron chi connectivity index (χ2n) is 7.19. The Bertz CT molecular complexity index is 431. The SMILES string of the molecule is CCCNC(COC(C)(C)C)c1ccccc1C1CCC1. The van der Waals surface area contributed by atoms with Crippen LogP contribution in [0.15, 0.2) is 24.3 Å². The van der Waals surface area contributed by atoms with Gasteiger partial charge in [0.1, 0.15) is 0 Å². The van der Waals surface area contributed by atoms with Gasteiger partial charge in [-0.05, 0) is 63.6 Å². The second kappa shape index (κ2) is 7.42. The molecule has 0 radical (unpaired) electrons. The van der Waals surface area contributed by atoms with Crippen LogP contribution in [-0.2, 0) is 4.74 Å². The Kier molecular flexibility index (Phi) is 5.83. The van der Waals surface area contributed by atoms with Crippen molar-refractivity contribution in [3.63, 3.8) is 0 Å². The van der Waals surface area contributed by atoms with Gasteiger partial charge < -0.3 is 10.1 Å². The molecule has 1 fully saturated rings. The topological polar surface area (TPSA) is 21.3 Å². The van der Waals surface area contributed by atoms with Gasteiger partial charge in [0.15, 0.2) is 0 Å². The molecule has 21 heavy (non-hydrogen) atoms. The van der Waals surface area contributed by atoms with Crippen molar-refractivity contribution >= 4 is 0 Å². The fraction of sp³-hybridized carbons (Fsp3) is 0.684. The Morgan fingerprint density at radius 1 is 1.24 bits per heavy atom. The van der Waals surface area contributed by atoms with Crippen LogP contribution in [0.1, 0.15) is 76.5 Å². The van der Waals surface area contributed by atoms with E-state index >= 15 is 0 Å². The van der Waals surface area contributed by atoms with Crippen LogP contribution in [0.2, 0.25) is 0 Å². The summed E-state index contributed by atoms with van der Waals surface area (Å²) in [6, 6.07) is 9.25. The molecule has 1 aromatic carbocycles. The number of benzene rings is 1. The van der Waals surface area contributed by atoms with E-state index in [1.54, 1.807) is 0 Å². The van der Waals surface area contributed by atoms with Gasteiger partial charge in [-0.3, -0.25) is 0 Å². The molecule has 1 aliphatic rings. The van der Waals surface area contributed by atoms with Crippen LogP contribution in [0, 0.1) is 0 Å². The lowest BCUT2D eigenvalue weighted by Gasteiger charge is -2.32. The fourth-order valence-corrected chi connectivity index (χ4v) is 2.83. The lowest BCUT2D eigenvalue weighted by Crippen LogP contribution is -2.32. The summed E-state index contributed by atoms with van der Waals surface area (Å²) in [5.74, 6) is 0.766. The highest BCUT2D eigenvalue weighted by Gasteiger charge is 2.25. The molecule has 0 aromatic heterocycles. The molecule has 0 saturated heterocycles. The second-order valence-corrected chi connectivity index (χ2v) is 7.19. The summed E-state index contributed by atoms with van der Waals surface area (Å²) in [4.78, 5) is 0. The van der Waals surface area contributed by atoms with Crippen molar-refractivity contribution in [2.45, 2.75) is 70.9 Å². The molecule has 1 saturated carbocycles. The summed E-state index contributed by atoms with van der Waals surface area (Å²) >= 11 is 0. The smallest absolute Gasteiger partial charge is 0.0668 e.